The molecule has 1 aliphatic heterocycles. The van der Waals surface area contributed by atoms with Gasteiger partial charge in [0.15, 0.2) is 0 Å². The second kappa shape index (κ2) is 10.7. The summed E-state index contributed by atoms with van der Waals surface area (Å²) in [5.74, 6) is -2.59. The molecule has 0 saturated carbocycles. The van der Waals surface area contributed by atoms with Crippen molar-refractivity contribution in [3.63, 3.8) is 0 Å². The van der Waals surface area contributed by atoms with Gasteiger partial charge >= 0.3 is 0 Å². The van der Waals surface area contributed by atoms with Crippen molar-refractivity contribution in [2.45, 2.75) is 52.1 Å². The zero-order chi connectivity index (χ0) is 24.3. The molecule has 6 atom stereocenters. The molecule has 1 aliphatic carbocycles. The number of carbonyl (C=O) groups is 3. The predicted octanol–water partition coefficient (Wildman–Crippen LogP) is 3.15. The van der Waals surface area contributed by atoms with Gasteiger partial charge in [0.2, 0.25) is 17.7 Å². The van der Waals surface area contributed by atoms with Gasteiger partial charge in [0.05, 0.1) is 35.2 Å². The Labute approximate surface area is 200 Å². The van der Waals surface area contributed by atoms with Crippen molar-refractivity contribution < 1.29 is 19.5 Å². The Balaban J connectivity index is 2.06. The summed E-state index contributed by atoms with van der Waals surface area (Å²) in [5, 5.41) is 16.1. The molecule has 3 amide bonds. The van der Waals surface area contributed by atoms with Gasteiger partial charge in [0.25, 0.3) is 0 Å². The van der Waals surface area contributed by atoms with E-state index >= 15 is 0 Å². The van der Waals surface area contributed by atoms with Crippen LogP contribution >= 0.6 is 11.6 Å². The minimum Gasteiger partial charge on any atom is -0.394 e. The van der Waals surface area contributed by atoms with Crippen LogP contribution in [0.25, 0.3) is 0 Å². The standard InChI is InChI=1S/C25H34ClN3O4/c1-5-8-15-11-12-17-20(19(15)23(31)27-4)25(33)29(16(6-2)13-30)22(17)24(32)28-21-14(3)9-7-10-18(21)26/h7,9-12,15-17,19-20,22,30H,5-6,8,13H2,1-4H3,(H,27,31)(H,28,32)/t15-,16+,17+,19-,20-,22+/m1/s1. The van der Waals surface area contributed by atoms with Crippen LogP contribution in [-0.4, -0.2) is 53.5 Å². The van der Waals surface area contributed by atoms with Crippen molar-refractivity contribution in [3.8, 4) is 0 Å². The number of benzene rings is 1. The smallest absolute Gasteiger partial charge is 0.247 e. The lowest BCUT2D eigenvalue weighted by atomic mass is 9.68. The van der Waals surface area contributed by atoms with Gasteiger partial charge in [0.1, 0.15) is 6.04 Å². The average Bonchev–Trinajstić information content (AvgIpc) is 3.09. The van der Waals surface area contributed by atoms with Crippen molar-refractivity contribution >= 4 is 35.0 Å². The number of anilines is 1. The van der Waals surface area contributed by atoms with E-state index < -0.39 is 29.8 Å². The van der Waals surface area contributed by atoms with Crippen molar-refractivity contribution in [3.05, 3.63) is 40.9 Å². The van der Waals surface area contributed by atoms with Gasteiger partial charge in [-0.3, -0.25) is 14.4 Å². The van der Waals surface area contributed by atoms with Gasteiger partial charge in [-0.05, 0) is 37.3 Å². The second-order valence-electron chi connectivity index (χ2n) is 8.94. The van der Waals surface area contributed by atoms with Crippen molar-refractivity contribution in [2.24, 2.45) is 23.7 Å². The number of nitrogens with zero attached hydrogens (tertiary/aromatic N) is 1. The van der Waals surface area contributed by atoms with E-state index in [1.165, 1.54) is 4.90 Å². The fraction of sp³-hybridized carbons (Fsp3) is 0.560. The Hall–Kier alpha value is -2.38. The van der Waals surface area contributed by atoms with E-state index in [0.717, 1.165) is 18.4 Å². The van der Waals surface area contributed by atoms with E-state index in [9.17, 15) is 19.5 Å². The number of likely N-dealkylation sites (tertiary alicyclic amines) is 1. The number of rotatable bonds is 8. The average molecular weight is 476 g/mol. The topological polar surface area (TPSA) is 98.7 Å². The third kappa shape index (κ3) is 4.66. The predicted molar refractivity (Wildman–Crippen MR) is 129 cm³/mol. The van der Waals surface area contributed by atoms with E-state index in [2.05, 4.69) is 10.6 Å². The number of carbonyl (C=O) groups excluding carboxylic acids is 3. The lowest BCUT2D eigenvalue weighted by Crippen LogP contribution is -2.50. The lowest BCUT2D eigenvalue weighted by molar-refractivity contribution is -0.142. The zero-order valence-corrected chi connectivity index (χ0v) is 20.4. The number of aliphatic hydroxyl groups is 1. The summed E-state index contributed by atoms with van der Waals surface area (Å²) in [6, 6.07) is 3.99. The molecule has 0 bridgehead atoms. The van der Waals surface area contributed by atoms with Crippen molar-refractivity contribution in [2.75, 3.05) is 19.0 Å². The van der Waals surface area contributed by atoms with E-state index in [4.69, 9.17) is 11.6 Å². The SMILES string of the molecule is CCC[C@@H]1C=C[C@H]2[C@@H](C(=O)N([C@@H](CC)CO)[C@@H]2C(=O)Nc2c(C)cccc2Cl)[C@@H]1C(=O)NC. The Bertz CT molecular complexity index is 910. The van der Waals surface area contributed by atoms with Gasteiger partial charge in [-0.1, -0.05) is 56.2 Å². The highest BCUT2D eigenvalue weighted by atomic mass is 35.5. The zero-order valence-electron chi connectivity index (χ0n) is 19.7. The fourth-order valence-electron chi connectivity index (χ4n) is 5.37. The molecule has 3 N–H and O–H groups in total. The third-order valence-electron chi connectivity index (χ3n) is 7.03. The van der Waals surface area contributed by atoms with Gasteiger partial charge in [-0.25, -0.2) is 0 Å². The number of para-hydroxylation sites is 1. The number of allylic oxidation sites excluding steroid dienone is 1. The molecule has 1 aromatic rings. The molecule has 180 valence electrons. The number of nitrogens with one attached hydrogen (secondary N) is 2. The Kier molecular flexibility index (Phi) is 8.19. The van der Waals surface area contributed by atoms with E-state index in [-0.39, 0.29) is 30.2 Å². The maximum atomic E-state index is 13.8. The number of amides is 3. The number of aryl methyl sites for hydroxylation is 1. The summed E-state index contributed by atoms with van der Waals surface area (Å²) in [5.41, 5.74) is 1.31. The highest BCUT2D eigenvalue weighted by molar-refractivity contribution is 6.34. The van der Waals surface area contributed by atoms with Crippen LogP contribution in [0.4, 0.5) is 5.69 Å². The van der Waals surface area contributed by atoms with E-state index in [0.29, 0.717) is 17.1 Å². The summed E-state index contributed by atoms with van der Waals surface area (Å²) < 4.78 is 0. The van der Waals surface area contributed by atoms with Crippen LogP contribution in [-0.2, 0) is 14.4 Å². The Morgan fingerprint density at radius 2 is 1.94 bits per heavy atom. The monoisotopic (exact) mass is 475 g/mol. The lowest BCUT2D eigenvalue weighted by Gasteiger charge is -2.34. The molecule has 0 aromatic heterocycles. The van der Waals surface area contributed by atoms with Crippen LogP contribution < -0.4 is 10.6 Å². The first-order chi connectivity index (χ1) is 15.8. The van der Waals surface area contributed by atoms with Crippen LogP contribution in [0.5, 0.6) is 0 Å². The van der Waals surface area contributed by atoms with Crippen LogP contribution in [0.3, 0.4) is 0 Å². The summed E-state index contributed by atoms with van der Waals surface area (Å²) in [6.45, 7) is 5.51. The molecule has 8 heteroatoms. The first-order valence-corrected chi connectivity index (χ1v) is 12.1. The van der Waals surface area contributed by atoms with Crippen LogP contribution in [0.15, 0.2) is 30.4 Å². The number of fused-ring (bicyclic) bond motifs is 1. The normalized spacial score (nSPS) is 27.3. The van der Waals surface area contributed by atoms with Crippen molar-refractivity contribution in [1.82, 2.24) is 10.2 Å². The third-order valence-corrected chi connectivity index (χ3v) is 7.35. The highest BCUT2D eigenvalue weighted by Gasteiger charge is 2.58. The molecular weight excluding hydrogens is 442 g/mol. The summed E-state index contributed by atoms with van der Waals surface area (Å²) in [7, 11) is 1.57. The van der Waals surface area contributed by atoms with Crippen LogP contribution in [0.1, 0.15) is 38.7 Å². The Morgan fingerprint density at radius 1 is 1.21 bits per heavy atom. The molecule has 1 fully saturated rings. The summed E-state index contributed by atoms with van der Waals surface area (Å²) in [6.07, 6.45) is 6.06. The minimum atomic E-state index is -0.846. The number of hydrogen-bond donors (Lipinski definition) is 3. The van der Waals surface area contributed by atoms with Gasteiger partial charge < -0.3 is 20.6 Å². The van der Waals surface area contributed by atoms with E-state index in [1.54, 1.807) is 19.2 Å². The second-order valence-corrected chi connectivity index (χ2v) is 9.34. The number of hydrogen-bond acceptors (Lipinski definition) is 4. The fourth-order valence-corrected chi connectivity index (χ4v) is 5.64. The van der Waals surface area contributed by atoms with Gasteiger partial charge in [-0.2, -0.15) is 0 Å². The molecule has 33 heavy (non-hydrogen) atoms. The maximum absolute atomic E-state index is 13.8. The molecule has 1 saturated heterocycles. The molecular formula is C25H34ClN3O4. The summed E-state index contributed by atoms with van der Waals surface area (Å²) in [4.78, 5) is 41.9. The molecule has 0 spiro atoms. The largest absolute Gasteiger partial charge is 0.394 e. The van der Waals surface area contributed by atoms with Gasteiger partial charge in [0, 0.05) is 13.0 Å². The first-order valence-electron chi connectivity index (χ1n) is 11.7. The minimum absolute atomic E-state index is 0.0798. The molecule has 1 heterocycles. The number of aliphatic hydroxyl groups excluding tert-OH is 1. The Morgan fingerprint density at radius 3 is 2.52 bits per heavy atom. The summed E-state index contributed by atoms with van der Waals surface area (Å²) >= 11 is 6.34. The van der Waals surface area contributed by atoms with Crippen LogP contribution in [0.2, 0.25) is 5.02 Å². The molecule has 3 rings (SSSR count). The first kappa shape index (κ1) is 25.2. The molecule has 2 aliphatic rings. The van der Waals surface area contributed by atoms with Crippen LogP contribution in [0, 0.1) is 30.6 Å². The molecule has 0 unspecified atom stereocenters. The van der Waals surface area contributed by atoms with E-state index in [1.807, 2.05) is 39.0 Å². The quantitative estimate of drug-likeness (QED) is 0.503. The molecule has 7 nitrogen and oxygen atoms in total. The molecule has 0 radical (unpaired) electrons. The maximum Gasteiger partial charge on any atom is 0.247 e. The van der Waals surface area contributed by atoms with Crippen molar-refractivity contribution in [1.29, 1.82) is 0 Å². The van der Waals surface area contributed by atoms with Gasteiger partial charge in [-0.15, -0.1) is 0 Å². The number of halogens is 1. The highest BCUT2D eigenvalue weighted by Crippen LogP contribution is 2.46. The molecule has 1 aromatic carbocycles.